The van der Waals surface area contributed by atoms with E-state index in [1.54, 1.807) is 13.2 Å². The monoisotopic (exact) mass is 269 g/mol. The molecule has 20 heavy (non-hydrogen) atoms. The van der Waals surface area contributed by atoms with Crippen LogP contribution in [0.4, 0.5) is 0 Å². The van der Waals surface area contributed by atoms with Gasteiger partial charge in [-0.2, -0.15) is 0 Å². The summed E-state index contributed by atoms with van der Waals surface area (Å²) < 4.78 is 10.7. The fraction of sp³-hybridized carbons (Fsp3) is 0.0667. The molecular formula is C15H11NO4. The third-order valence-corrected chi connectivity index (χ3v) is 2.97. The van der Waals surface area contributed by atoms with Crippen molar-refractivity contribution in [2.75, 3.05) is 7.11 Å². The Kier molecular flexibility index (Phi) is 2.87. The fourth-order valence-corrected chi connectivity index (χ4v) is 1.92. The van der Waals surface area contributed by atoms with Crippen molar-refractivity contribution in [2.45, 2.75) is 0 Å². The van der Waals surface area contributed by atoms with Crippen molar-refractivity contribution in [3.05, 3.63) is 48.0 Å². The minimum absolute atomic E-state index is 0.187. The van der Waals surface area contributed by atoms with Crippen molar-refractivity contribution in [3.8, 4) is 17.2 Å². The highest BCUT2D eigenvalue weighted by Crippen LogP contribution is 2.26. The van der Waals surface area contributed by atoms with Gasteiger partial charge in [-0.15, -0.1) is 0 Å². The maximum atomic E-state index is 10.9. The number of oxazole rings is 1. The first-order valence-electron chi connectivity index (χ1n) is 5.95. The topological polar surface area (TPSA) is 72.6 Å². The highest BCUT2D eigenvalue weighted by Gasteiger charge is 2.11. The summed E-state index contributed by atoms with van der Waals surface area (Å²) in [5.74, 6) is 0.212. The van der Waals surface area contributed by atoms with Crippen LogP contribution in [-0.4, -0.2) is 23.2 Å². The summed E-state index contributed by atoms with van der Waals surface area (Å²) in [6.45, 7) is 0. The van der Waals surface area contributed by atoms with Gasteiger partial charge in [-0.05, 0) is 42.5 Å². The molecule has 3 aromatic rings. The van der Waals surface area contributed by atoms with Gasteiger partial charge in [0.05, 0.1) is 12.7 Å². The number of aromatic nitrogens is 1. The summed E-state index contributed by atoms with van der Waals surface area (Å²) in [5.41, 5.74) is 2.07. The number of hydrogen-bond acceptors (Lipinski definition) is 4. The van der Waals surface area contributed by atoms with Crippen LogP contribution in [-0.2, 0) is 0 Å². The van der Waals surface area contributed by atoms with Crippen molar-refractivity contribution in [1.29, 1.82) is 0 Å². The van der Waals surface area contributed by atoms with Gasteiger partial charge in [0, 0.05) is 5.56 Å². The lowest BCUT2D eigenvalue weighted by molar-refractivity contribution is 0.0697. The van der Waals surface area contributed by atoms with Crippen LogP contribution >= 0.6 is 0 Å². The molecule has 0 aliphatic rings. The van der Waals surface area contributed by atoms with Crippen molar-refractivity contribution in [3.63, 3.8) is 0 Å². The summed E-state index contributed by atoms with van der Waals surface area (Å²) in [6.07, 6.45) is 0. The number of nitrogens with zero attached hydrogens (tertiary/aromatic N) is 1. The van der Waals surface area contributed by atoms with Crippen molar-refractivity contribution in [1.82, 2.24) is 4.98 Å². The van der Waals surface area contributed by atoms with Crippen molar-refractivity contribution < 1.29 is 19.1 Å². The second-order valence-corrected chi connectivity index (χ2v) is 4.24. The van der Waals surface area contributed by atoms with Crippen LogP contribution in [0.1, 0.15) is 10.4 Å². The minimum atomic E-state index is -0.985. The maximum absolute atomic E-state index is 10.9. The summed E-state index contributed by atoms with van der Waals surface area (Å²) in [4.78, 5) is 15.2. The van der Waals surface area contributed by atoms with Crippen LogP contribution < -0.4 is 4.74 Å². The van der Waals surface area contributed by atoms with Gasteiger partial charge in [0.25, 0.3) is 0 Å². The quantitative estimate of drug-likeness (QED) is 0.790. The largest absolute Gasteiger partial charge is 0.497 e. The Balaban J connectivity index is 2.05. The predicted octanol–water partition coefficient (Wildman–Crippen LogP) is 3.20. The van der Waals surface area contributed by atoms with E-state index >= 15 is 0 Å². The molecule has 2 aromatic carbocycles. The van der Waals surface area contributed by atoms with Crippen LogP contribution in [0, 0.1) is 0 Å². The lowest BCUT2D eigenvalue weighted by Gasteiger charge is -1.99. The molecular weight excluding hydrogens is 258 g/mol. The van der Waals surface area contributed by atoms with E-state index in [0.29, 0.717) is 17.0 Å². The Morgan fingerprint density at radius 2 is 1.95 bits per heavy atom. The zero-order valence-electron chi connectivity index (χ0n) is 10.7. The standard InChI is InChI=1S/C15H11NO4/c1-19-11-5-2-9(3-6-11)14-16-12-8-10(15(17)18)4-7-13(12)20-14/h2-8H,1H3,(H,17,18). The molecule has 0 saturated carbocycles. The molecule has 5 nitrogen and oxygen atoms in total. The first-order chi connectivity index (χ1) is 9.67. The third kappa shape index (κ3) is 2.09. The Labute approximate surface area is 114 Å². The smallest absolute Gasteiger partial charge is 0.335 e. The number of carbonyl (C=O) groups is 1. The van der Waals surface area contributed by atoms with Crippen molar-refractivity contribution >= 4 is 17.1 Å². The average molecular weight is 269 g/mol. The summed E-state index contributed by atoms with van der Waals surface area (Å²) in [7, 11) is 1.60. The summed E-state index contributed by atoms with van der Waals surface area (Å²) >= 11 is 0. The molecule has 0 saturated heterocycles. The molecule has 0 unspecified atom stereocenters. The average Bonchev–Trinajstić information content (AvgIpc) is 2.90. The number of carboxylic acids is 1. The highest BCUT2D eigenvalue weighted by molar-refractivity contribution is 5.92. The highest BCUT2D eigenvalue weighted by atomic mass is 16.5. The van der Waals surface area contributed by atoms with Gasteiger partial charge in [-0.25, -0.2) is 9.78 Å². The molecule has 0 aliphatic heterocycles. The summed E-state index contributed by atoms with van der Waals surface area (Å²) in [5, 5.41) is 8.95. The molecule has 5 heteroatoms. The normalized spacial score (nSPS) is 10.7. The van der Waals surface area contributed by atoms with Gasteiger partial charge in [-0.3, -0.25) is 0 Å². The molecule has 3 rings (SSSR count). The third-order valence-electron chi connectivity index (χ3n) is 2.97. The van der Waals surface area contributed by atoms with Gasteiger partial charge in [0.1, 0.15) is 11.3 Å². The number of rotatable bonds is 3. The molecule has 100 valence electrons. The molecule has 1 heterocycles. The number of benzene rings is 2. The zero-order valence-corrected chi connectivity index (χ0v) is 10.7. The zero-order chi connectivity index (χ0) is 14.1. The first kappa shape index (κ1) is 12.2. The van der Waals surface area contributed by atoms with Crippen LogP contribution in [0.5, 0.6) is 5.75 Å². The van der Waals surface area contributed by atoms with Gasteiger partial charge in [-0.1, -0.05) is 0 Å². The lowest BCUT2D eigenvalue weighted by atomic mass is 10.2. The van der Waals surface area contributed by atoms with E-state index in [1.165, 1.54) is 12.1 Å². The van der Waals surface area contributed by atoms with Gasteiger partial charge in [0.15, 0.2) is 5.58 Å². The summed E-state index contributed by atoms with van der Waals surface area (Å²) in [6, 6.07) is 11.9. The number of methoxy groups -OCH3 is 1. The first-order valence-corrected chi connectivity index (χ1v) is 5.95. The number of ether oxygens (including phenoxy) is 1. The SMILES string of the molecule is COc1ccc(-c2nc3cc(C(=O)O)ccc3o2)cc1. The van der Waals surface area contributed by atoms with Crippen LogP contribution in [0.25, 0.3) is 22.6 Å². The predicted molar refractivity (Wildman–Crippen MR) is 73.0 cm³/mol. The van der Waals surface area contributed by atoms with E-state index in [0.717, 1.165) is 11.3 Å². The Morgan fingerprint density at radius 1 is 1.20 bits per heavy atom. The van der Waals surface area contributed by atoms with E-state index in [4.69, 9.17) is 14.3 Å². The van der Waals surface area contributed by atoms with Gasteiger partial charge >= 0.3 is 5.97 Å². The number of hydrogen-bond donors (Lipinski definition) is 1. The minimum Gasteiger partial charge on any atom is -0.497 e. The van der Waals surface area contributed by atoms with E-state index < -0.39 is 5.97 Å². The van der Waals surface area contributed by atoms with Crippen LogP contribution in [0.3, 0.4) is 0 Å². The number of fused-ring (bicyclic) bond motifs is 1. The molecule has 0 atom stereocenters. The molecule has 0 radical (unpaired) electrons. The van der Waals surface area contributed by atoms with Crippen LogP contribution in [0.2, 0.25) is 0 Å². The van der Waals surface area contributed by atoms with Crippen molar-refractivity contribution in [2.24, 2.45) is 0 Å². The van der Waals surface area contributed by atoms with Crippen LogP contribution in [0.15, 0.2) is 46.9 Å². The number of aromatic carboxylic acids is 1. The molecule has 0 aliphatic carbocycles. The second-order valence-electron chi connectivity index (χ2n) is 4.24. The van der Waals surface area contributed by atoms with E-state index in [2.05, 4.69) is 4.98 Å². The fourth-order valence-electron chi connectivity index (χ4n) is 1.92. The number of carboxylic acid groups (broad SMARTS) is 1. The Hall–Kier alpha value is -2.82. The molecule has 0 spiro atoms. The van der Waals surface area contributed by atoms with E-state index in [1.807, 2.05) is 24.3 Å². The molecule has 0 fully saturated rings. The maximum Gasteiger partial charge on any atom is 0.335 e. The van der Waals surface area contributed by atoms with E-state index in [-0.39, 0.29) is 5.56 Å². The molecule has 1 aromatic heterocycles. The Morgan fingerprint density at radius 3 is 2.60 bits per heavy atom. The van der Waals surface area contributed by atoms with Gasteiger partial charge in [0.2, 0.25) is 5.89 Å². The molecule has 1 N–H and O–H groups in total. The van der Waals surface area contributed by atoms with Gasteiger partial charge < -0.3 is 14.3 Å². The Bertz CT molecular complexity index is 774. The second kappa shape index (κ2) is 4.70. The molecule has 0 bridgehead atoms. The molecule has 0 amide bonds. The lowest BCUT2D eigenvalue weighted by Crippen LogP contribution is -1.94. The van der Waals surface area contributed by atoms with E-state index in [9.17, 15) is 4.79 Å².